The van der Waals surface area contributed by atoms with Crippen LogP contribution in [-0.4, -0.2) is 122 Å². The van der Waals surface area contributed by atoms with E-state index >= 15 is 0 Å². The lowest BCUT2D eigenvalue weighted by atomic mass is 9.89. The summed E-state index contributed by atoms with van der Waals surface area (Å²) in [7, 11) is 0. The van der Waals surface area contributed by atoms with Crippen molar-refractivity contribution in [2.75, 3.05) is 13.2 Å². The van der Waals surface area contributed by atoms with E-state index < -0.39 is 122 Å². The fraction of sp³-hybridized carbons (Fsp3) is 0.677. The van der Waals surface area contributed by atoms with E-state index in [0.29, 0.717) is 0 Å². The van der Waals surface area contributed by atoms with Crippen LogP contribution in [0.4, 0.5) is 0 Å². The van der Waals surface area contributed by atoms with Crippen LogP contribution in [0, 0.1) is 0 Å². The molecule has 2 amide bonds. The summed E-state index contributed by atoms with van der Waals surface area (Å²) < 4.78 is 44.4. The Morgan fingerprint density at radius 1 is 0.510 bits per heavy atom. The molecule has 0 unspecified atom stereocenters. The molecule has 2 heterocycles. The number of rotatable bonds is 13. The number of nitrogens with one attached hydrogen (secondary N) is 2. The van der Waals surface area contributed by atoms with E-state index in [9.17, 15) is 38.4 Å². The molecule has 10 atom stereocenters. The second kappa shape index (κ2) is 18.8. The maximum Gasteiger partial charge on any atom is 0.303 e. The summed E-state index contributed by atoms with van der Waals surface area (Å²) in [6, 6.07) is -2.20. The SMILES string of the molecule is CC(=O)N[C@@H]1[C@@H](OC(C)=O)[C@H](OC(C)=O)[C@@H](COC(C)=O)O[C@@H]1/C=C/C[C@H]1O[C@H](COC(C)=O)[C@@H](OC(C)=O)[C@H](OC(C)=O)[C@H]1NC(C)=O. The number of hydrogen-bond acceptors (Lipinski definition) is 16. The molecule has 49 heavy (non-hydrogen) atoms. The van der Waals surface area contributed by atoms with Gasteiger partial charge in [0.15, 0.2) is 24.4 Å². The van der Waals surface area contributed by atoms with Crippen molar-refractivity contribution in [3.8, 4) is 0 Å². The number of ether oxygens (including phenoxy) is 8. The van der Waals surface area contributed by atoms with Crippen molar-refractivity contribution in [2.24, 2.45) is 0 Å². The minimum absolute atomic E-state index is 0.0427. The van der Waals surface area contributed by atoms with Gasteiger partial charge in [-0.05, 0) is 6.42 Å². The van der Waals surface area contributed by atoms with E-state index in [1.807, 2.05) is 0 Å². The molecular formula is C31H44N2O16. The first-order valence-electron chi connectivity index (χ1n) is 15.4. The molecule has 2 aliphatic rings. The number of esters is 6. The van der Waals surface area contributed by atoms with Crippen molar-refractivity contribution in [2.45, 2.75) is 123 Å². The minimum atomic E-state index is -1.29. The van der Waals surface area contributed by atoms with Gasteiger partial charge in [-0.15, -0.1) is 0 Å². The van der Waals surface area contributed by atoms with Crippen LogP contribution in [0.2, 0.25) is 0 Å². The second-order valence-electron chi connectivity index (χ2n) is 11.4. The Balaban J connectivity index is 2.55. The highest BCUT2D eigenvalue weighted by Gasteiger charge is 2.52. The fourth-order valence-electron chi connectivity index (χ4n) is 5.50. The molecule has 0 aromatic heterocycles. The van der Waals surface area contributed by atoms with Gasteiger partial charge in [0.1, 0.15) is 31.5 Å². The third-order valence-corrected chi connectivity index (χ3v) is 7.07. The maximum atomic E-state index is 12.3. The Bertz CT molecular complexity index is 1280. The van der Waals surface area contributed by atoms with Gasteiger partial charge in [0.05, 0.1) is 18.2 Å². The molecule has 2 saturated heterocycles. The van der Waals surface area contributed by atoms with Crippen LogP contribution in [-0.2, 0) is 76.3 Å². The molecule has 18 heteroatoms. The van der Waals surface area contributed by atoms with E-state index in [2.05, 4.69) is 10.6 Å². The Labute approximate surface area is 282 Å². The van der Waals surface area contributed by atoms with E-state index in [-0.39, 0.29) is 6.42 Å². The largest absolute Gasteiger partial charge is 0.463 e. The maximum absolute atomic E-state index is 12.3. The molecule has 2 fully saturated rings. The van der Waals surface area contributed by atoms with Crippen LogP contribution >= 0.6 is 0 Å². The second-order valence-corrected chi connectivity index (χ2v) is 11.4. The van der Waals surface area contributed by atoms with Gasteiger partial charge in [-0.2, -0.15) is 0 Å². The van der Waals surface area contributed by atoms with E-state index in [1.54, 1.807) is 6.08 Å². The van der Waals surface area contributed by atoms with Gasteiger partial charge in [-0.1, -0.05) is 12.2 Å². The zero-order valence-electron chi connectivity index (χ0n) is 28.6. The Morgan fingerprint density at radius 2 is 0.898 bits per heavy atom. The highest BCUT2D eigenvalue weighted by atomic mass is 16.6. The van der Waals surface area contributed by atoms with E-state index in [0.717, 1.165) is 41.5 Å². The zero-order chi connectivity index (χ0) is 37.0. The summed E-state index contributed by atoms with van der Waals surface area (Å²) in [5.74, 6) is -5.44. The molecule has 2 rings (SSSR count). The number of amides is 2. The summed E-state index contributed by atoms with van der Waals surface area (Å²) in [4.78, 5) is 96.2. The molecule has 18 nitrogen and oxygen atoms in total. The molecule has 0 radical (unpaired) electrons. The van der Waals surface area contributed by atoms with Crippen LogP contribution in [0.5, 0.6) is 0 Å². The lowest BCUT2D eigenvalue weighted by Gasteiger charge is -2.45. The molecule has 0 aromatic rings. The van der Waals surface area contributed by atoms with Gasteiger partial charge < -0.3 is 48.5 Å². The average Bonchev–Trinajstić information content (AvgIpc) is 2.95. The lowest BCUT2D eigenvalue weighted by Crippen LogP contribution is -2.66. The summed E-state index contributed by atoms with van der Waals surface area (Å²) >= 11 is 0. The molecule has 0 saturated carbocycles. The molecule has 0 aromatic carbocycles. The Hall–Kier alpha value is -4.58. The number of hydrogen-bond donors (Lipinski definition) is 2. The van der Waals surface area contributed by atoms with Gasteiger partial charge in [-0.3, -0.25) is 38.4 Å². The van der Waals surface area contributed by atoms with Gasteiger partial charge >= 0.3 is 35.8 Å². The van der Waals surface area contributed by atoms with Crippen LogP contribution in [0.25, 0.3) is 0 Å². The Kier molecular flexibility index (Phi) is 15.6. The van der Waals surface area contributed by atoms with Gasteiger partial charge in [0, 0.05) is 55.4 Å². The van der Waals surface area contributed by atoms with Crippen molar-refractivity contribution in [3.63, 3.8) is 0 Å². The summed E-state index contributed by atoms with van der Waals surface area (Å²) in [6.07, 6.45) is -6.53. The third kappa shape index (κ3) is 13.1. The van der Waals surface area contributed by atoms with E-state index in [4.69, 9.17) is 37.9 Å². The predicted molar refractivity (Wildman–Crippen MR) is 162 cm³/mol. The predicted octanol–water partition coefficient (Wildman–Crippen LogP) is -0.670. The average molecular weight is 701 g/mol. The van der Waals surface area contributed by atoms with Crippen LogP contribution < -0.4 is 10.6 Å². The van der Waals surface area contributed by atoms with Gasteiger partial charge in [-0.25, -0.2) is 0 Å². The van der Waals surface area contributed by atoms with Gasteiger partial charge in [0.2, 0.25) is 11.8 Å². The van der Waals surface area contributed by atoms with Crippen molar-refractivity contribution in [1.29, 1.82) is 0 Å². The van der Waals surface area contributed by atoms with Crippen molar-refractivity contribution in [1.82, 2.24) is 10.6 Å². The molecular weight excluding hydrogens is 656 g/mol. The monoisotopic (exact) mass is 700 g/mol. The van der Waals surface area contributed by atoms with Gasteiger partial charge in [0.25, 0.3) is 0 Å². The lowest BCUT2D eigenvalue weighted by molar-refractivity contribution is -0.223. The van der Waals surface area contributed by atoms with Crippen molar-refractivity contribution >= 4 is 47.6 Å². The van der Waals surface area contributed by atoms with Crippen LogP contribution in [0.15, 0.2) is 12.2 Å². The first kappa shape index (κ1) is 40.6. The number of carbonyl (C=O) groups is 8. The normalized spacial score (nSPS) is 29.5. The fourth-order valence-corrected chi connectivity index (χ4v) is 5.50. The molecule has 0 aliphatic carbocycles. The molecule has 274 valence electrons. The highest BCUT2D eigenvalue weighted by Crippen LogP contribution is 2.31. The number of carbonyl (C=O) groups excluding carboxylic acids is 8. The topological polar surface area (TPSA) is 234 Å². The molecule has 2 N–H and O–H groups in total. The third-order valence-electron chi connectivity index (χ3n) is 7.07. The minimum Gasteiger partial charge on any atom is -0.463 e. The summed E-state index contributed by atoms with van der Waals surface area (Å²) in [5.41, 5.74) is 0. The highest BCUT2D eigenvalue weighted by molar-refractivity contribution is 5.74. The molecule has 2 aliphatic heterocycles. The molecule has 0 bridgehead atoms. The zero-order valence-corrected chi connectivity index (χ0v) is 28.6. The van der Waals surface area contributed by atoms with Crippen molar-refractivity contribution in [3.05, 3.63) is 12.2 Å². The summed E-state index contributed by atoms with van der Waals surface area (Å²) in [6.45, 7) is 8.43. The molecule has 0 spiro atoms. The Morgan fingerprint density at radius 3 is 1.31 bits per heavy atom. The smallest absolute Gasteiger partial charge is 0.303 e. The quantitative estimate of drug-likeness (QED) is 0.138. The van der Waals surface area contributed by atoms with Crippen molar-refractivity contribution < 1.29 is 76.3 Å². The summed E-state index contributed by atoms with van der Waals surface area (Å²) in [5, 5.41) is 5.32. The standard InChI is InChI=1S/C31H44N2O16/c1-14(34)32-26-22(48-24(12-42-16(3)36)28(44-18(5)38)30(26)46-20(7)40)10-9-11-23-27(33-15(2)35)31(47-21(8)41)29(45-19(6)39)25(49-23)13-43-17(4)37/h9-10,22-31H,11-13H2,1-8H3,(H,32,34)(H,33,35)/b10-9+/t22-,23-,24-,25-,26+,27+,28-,29-,30-,31-/m1/s1. The first-order valence-corrected chi connectivity index (χ1v) is 15.4. The van der Waals surface area contributed by atoms with Crippen LogP contribution in [0.1, 0.15) is 61.8 Å². The van der Waals surface area contributed by atoms with E-state index in [1.165, 1.54) is 19.9 Å². The first-order chi connectivity index (χ1) is 22.9. The van der Waals surface area contributed by atoms with Crippen LogP contribution in [0.3, 0.4) is 0 Å².